The summed E-state index contributed by atoms with van der Waals surface area (Å²) in [7, 11) is 2.01. The molecule has 0 amide bonds. The van der Waals surface area contributed by atoms with Crippen LogP contribution in [0.25, 0.3) is 0 Å². The topological polar surface area (TPSA) is 15.3 Å². The molecule has 0 aliphatic heterocycles. The molecule has 0 radical (unpaired) electrons. The molecule has 0 spiro atoms. The van der Waals surface area contributed by atoms with Gasteiger partial charge in [0.25, 0.3) is 0 Å². The third kappa shape index (κ3) is 4.30. The molecule has 112 valence electrons. The van der Waals surface area contributed by atoms with Crippen LogP contribution in [0.15, 0.2) is 48.5 Å². The van der Waals surface area contributed by atoms with Gasteiger partial charge in [-0.25, -0.2) is 4.39 Å². The monoisotopic (exact) mass is 286 g/mol. The van der Waals surface area contributed by atoms with Crippen LogP contribution in [0, 0.1) is 5.82 Å². The number of nitrogens with zero attached hydrogens (tertiary/aromatic N) is 1. The molecule has 0 saturated carbocycles. The van der Waals surface area contributed by atoms with Gasteiger partial charge in [-0.1, -0.05) is 43.3 Å². The number of rotatable bonds is 7. The van der Waals surface area contributed by atoms with Crippen molar-refractivity contribution in [1.29, 1.82) is 0 Å². The van der Waals surface area contributed by atoms with Crippen molar-refractivity contribution in [3.63, 3.8) is 0 Å². The second-order valence-electron chi connectivity index (χ2n) is 5.25. The summed E-state index contributed by atoms with van der Waals surface area (Å²) in [5.41, 5.74) is 3.10. The van der Waals surface area contributed by atoms with Gasteiger partial charge in [0, 0.05) is 31.4 Å². The second-order valence-corrected chi connectivity index (χ2v) is 5.25. The largest absolute Gasteiger partial charge is 0.370 e. The minimum atomic E-state index is -0.147. The maximum absolute atomic E-state index is 13.8. The average Bonchev–Trinajstić information content (AvgIpc) is 2.50. The van der Waals surface area contributed by atoms with Crippen LogP contribution < -0.4 is 10.2 Å². The van der Waals surface area contributed by atoms with E-state index in [-0.39, 0.29) is 5.82 Å². The molecule has 21 heavy (non-hydrogen) atoms. The van der Waals surface area contributed by atoms with Crippen molar-refractivity contribution in [3.8, 4) is 0 Å². The first-order valence-electron chi connectivity index (χ1n) is 7.45. The molecule has 1 N–H and O–H groups in total. The van der Waals surface area contributed by atoms with Gasteiger partial charge >= 0.3 is 0 Å². The van der Waals surface area contributed by atoms with Gasteiger partial charge in [-0.15, -0.1) is 0 Å². The van der Waals surface area contributed by atoms with E-state index in [1.54, 1.807) is 6.07 Å². The van der Waals surface area contributed by atoms with E-state index in [0.717, 1.165) is 30.8 Å². The van der Waals surface area contributed by atoms with E-state index in [2.05, 4.69) is 29.3 Å². The SMILES string of the molecule is CCCNCc1ccccc1N(C)Cc1ccccc1F. The summed E-state index contributed by atoms with van der Waals surface area (Å²) in [6, 6.07) is 15.2. The van der Waals surface area contributed by atoms with E-state index in [9.17, 15) is 4.39 Å². The van der Waals surface area contributed by atoms with E-state index in [4.69, 9.17) is 0 Å². The van der Waals surface area contributed by atoms with Crippen molar-refractivity contribution < 1.29 is 4.39 Å². The summed E-state index contributed by atoms with van der Waals surface area (Å²) >= 11 is 0. The molecular formula is C18H23FN2. The molecule has 2 aromatic rings. The van der Waals surface area contributed by atoms with Crippen LogP contribution in [0.2, 0.25) is 0 Å². The minimum Gasteiger partial charge on any atom is -0.370 e. The molecule has 2 nitrogen and oxygen atoms in total. The van der Waals surface area contributed by atoms with E-state index in [1.807, 2.05) is 31.3 Å². The third-order valence-electron chi connectivity index (χ3n) is 3.51. The van der Waals surface area contributed by atoms with Gasteiger partial charge in [0.2, 0.25) is 0 Å². The fourth-order valence-electron chi connectivity index (χ4n) is 2.40. The lowest BCUT2D eigenvalue weighted by Gasteiger charge is -2.23. The second kappa shape index (κ2) is 7.79. The zero-order valence-corrected chi connectivity index (χ0v) is 12.8. The Kier molecular flexibility index (Phi) is 5.76. The summed E-state index contributed by atoms with van der Waals surface area (Å²) in [5.74, 6) is -0.147. The molecular weight excluding hydrogens is 263 g/mol. The summed E-state index contributed by atoms with van der Waals surface area (Å²) in [4.78, 5) is 2.10. The molecule has 2 aromatic carbocycles. The quantitative estimate of drug-likeness (QED) is 0.775. The predicted molar refractivity (Wildman–Crippen MR) is 86.9 cm³/mol. The lowest BCUT2D eigenvalue weighted by Crippen LogP contribution is -2.21. The summed E-state index contributed by atoms with van der Waals surface area (Å²) in [6.45, 7) is 4.57. The Morgan fingerprint density at radius 3 is 2.38 bits per heavy atom. The van der Waals surface area contributed by atoms with Gasteiger partial charge < -0.3 is 10.2 Å². The number of halogens is 1. The highest BCUT2D eigenvalue weighted by Crippen LogP contribution is 2.21. The minimum absolute atomic E-state index is 0.147. The van der Waals surface area contributed by atoms with Gasteiger partial charge in [0.1, 0.15) is 5.82 Å². The Labute approximate surface area is 126 Å². The summed E-state index contributed by atoms with van der Waals surface area (Å²) in [6.07, 6.45) is 1.12. The van der Waals surface area contributed by atoms with Gasteiger partial charge in [0.15, 0.2) is 0 Å². The van der Waals surface area contributed by atoms with E-state index < -0.39 is 0 Å². The first-order valence-corrected chi connectivity index (χ1v) is 7.45. The third-order valence-corrected chi connectivity index (χ3v) is 3.51. The number of anilines is 1. The van der Waals surface area contributed by atoms with Crippen molar-refractivity contribution >= 4 is 5.69 Å². The van der Waals surface area contributed by atoms with Gasteiger partial charge in [-0.2, -0.15) is 0 Å². The summed E-state index contributed by atoms with van der Waals surface area (Å²) < 4.78 is 13.8. The zero-order chi connectivity index (χ0) is 15.1. The molecule has 0 heterocycles. The molecule has 0 bridgehead atoms. The van der Waals surface area contributed by atoms with E-state index in [1.165, 1.54) is 11.6 Å². The first kappa shape index (κ1) is 15.5. The average molecular weight is 286 g/mol. The molecule has 0 atom stereocenters. The normalized spacial score (nSPS) is 10.6. The molecule has 0 aliphatic carbocycles. The molecule has 3 heteroatoms. The van der Waals surface area contributed by atoms with Crippen molar-refractivity contribution in [2.24, 2.45) is 0 Å². The van der Waals surface area contributed by atoms with Crippen LogP contribution in [0.3, 0.4) is 0 Å². The van der Waals surface area contributed by atoms with Crippen LogP contribution in [0.4, 0.5) is 10.1 Å². The number of hydrogen-bond acceptors (Lipinski definition) is 2. The first-order chi connectivity index (χ1) is 10.2. The number of nitrogens with one attached hydrogen (secondary N) is 1. The number of benzene rings is 2. The van der Waals surface area contributed by atoms with Crippen molar-refractivity contribution in [2.75, 3.05) is 18.5 Å². The lowest BCUT2D eigenvalue weighted by molar-refractivity contribution is 0.607. The van der Waals surface area contributed by atoms with Gasteiger partial charge in [-0.05, 0) is 30.7 Å². The van der Waals surface area contributed by atoms with Crippen LogP contribution in [-0.2, 0) is 13.1 Å². The number of hydrogen-bond donors (Lipinski definition) is 1. The Hall–Kier alpha value is -1.87. The van der Waals surface area contributed by atoms with E-state index in [0.29, 0.717) is 6.54 Å². The van der Waals surface area contributed by atoms with Crippen molar-refractivity contribution in [2.45, 2.75) is 26.4 Å². The zero-order valence-electron chi connectivity index (χ0n) is 12.8. The van der Waals surface area contributed by atoms with Crippen LogP contribution in [-0.4, -0.2) is 13.6 Å². The molecule has 0 unspecified atom stereocenters. The Morgan fingerprint density at radius 2 is 1.67 bits per heavy atom. The fourth-order valence-corrected chi connectivity index (χ4v) is 2.40. The van der Waals surface area contributed by atoms with Gasteiger partial charge in [0.05, 0.1) is 0 Å². The highest BCUT2D eigenvalue weighted by atomic mass is 19.1. The maximum Gasteiger partial charge on any atom is 0.128 e. The smallest absolute Gasteiger partial charge is 0.128 e. The highest BCUT2D eigenvalue weighted by molar-refractivity contribution is 5.53. The van der Waals surface area contributed by atoms with Crippen LogP contribution in [0.1, 0.15) is 24.5 Å². The summed E-state index contributed by atoms with van der Waals surface area (Å²) in [5, 5.41) is 3.42. The van der Waals surface area contributed by atoms with Crippen LogP contribution >= 0.6 is 0 Å². The standard InChI is InChI=1S/C18H23FN2/c1-3-12-20-13-15-8-5-7-11-18(15)21(2)14-16-9-4-6-10-17(16)19/h4-11,20H,3,12-14H2,1-2H3. The van der Waals surface area contributed by atoms with E-state index >= 15 is 0 Å². The molecule has 0 aromatic heterocycles. The fraction of sp³-hybridized carbons (Fsp3) is 0.333. The van der Waals surface area contributed by atoms with Crippen molar-refractivity contribution in [3.05, 3.63) is 65.5 Å². The molecule has 0 fully saturated rings. The molecule has 2 rings (SSSR count). The van der Waals surface area contributed by atoms with Crippen LogP contribution in [0.5, 0.6) is 0 Å². The molecule has 0 aliphatic rings. The maximum atomic E-state index is 13.8. The highest BCUT2D eigenvalue weighted by Gasteiger charge is 2.09. The molecule has 0 saturated heterocycles. The van der Waals surface area contributed by atoms with Gasteiger partial charge in [-0.3, -0.25) is 0 Å². The lowest BCUT2D eigenvalue weighted by atomic mass is 10.1. The predicted octanol–water partition coefficient (Wildman–Crippen LogP) is 3.96. The Morgan fingerprint density at radius 1 is 1.00 bits per heavy atom. The Bertz CT molecular complexity index is 569. The number of para-hydroxylation sites is 1. The van der Waals surface area contributed by atoms with Crippen molar-refractivity contribution in [1.82, 2.24) is 5.32 Å². The Balaban J connectivity index is 2.11.